The molecular formula is C17H36N4O14S. The van der Waals surface area contributed by atoms with Gasteiger partial charge in [0.1, 0.15) is 48.8 Å². The Kier molecular flexibility index (Phi) is 11.3. The topological polar surface area (TPSA) is 337 Å². The number of nitrogens with two attached hydrogens (primary N) is 4. The van der Waals surface area contributed by atoms with Gasteiger partial charge in [-0.3, -0.25) is 9.11 Å². The molecule has 0 radical (unpaired) electrons. The van der Waals surface area contributed by atoms with Gasteiger partial charge in [-0.15, -0.1) is 0 Å². The van der Waals surface area contributed by atoms with Crippen LogP contribution in [0.25, 0.3) is 0 Å². The molecule has 19 heteroatoms. The van der Waals surface area contributed by atoms with Gasteiger partial charge in [-0.05, 0) is 6.42 Å². The third-order valence-electron chi connectivity index (χ3n) is 6.13. The third-order valence-corrected chi connectivity index (χ3v) is 6.13. The Balaban J connectivity index is 0.000000830. The van der Waals surface area contributed by atoms with Crippen molar-refractivity contribution in [3.63, 3.8) is 0 Å². The molecule has 18 nitrogen and oxygen atoms in total. The summed E-state index contributed by atoms with van der Waals surface area (Å²) >= 11 is 0. The molecule has 36 heavy (non-hydrogen) atoms. The summed E-state index contributed by atoms with van der Waals surface area (Å²) in [6.07, 6.45) is -13.8. The third kappa shape index (κ3) is 7.68. The SMILES string of the molecule is NCC1OC(OC2C(N)CC(N)C(O)C2O[C@@H]2O[C@H](CO)[C@H](O)C2O)C(N)C(O)C1O.O=S(=O)(O)O. The van der Waals surface area contributed by atoms with E-state index in [1.165, 1.54) is 0 Å². The van der Waals surface area contributed by atoms with Crippen LogP contribution in [0.5, 0.6) is 0 Å². The summed E-state index contributed by atoms with van der Waals surface area (Å²) in [7, 11) is -4.67. The highest BCUT2D eigenvalue weighted by Crippen LogP contribution is 2.31. The first-order valence-electron chi connectivity index (χ1n) is 10.9. The van der Waals surface area contributed by atoms with E-state index >= 15 is 0 Å². The summed E-state index contributed by atoms with van der Waals surface area (Å²) in [5.41, 5.74) is 23.6. The number of ether oxygens (including phenoxy) is 4. The minimum Gasteiger partial charge on any atom is -0.394 e. The van der Waals surface area contributed by atoms with Gasteiger partial charge in [0, 0.05) is 18.6 Å². The van der Waals surface area contributed by atoms with Gasteiger partial charge in [0.15, 0.2) is 12.6 Å². The number of rotatable bonds is 6. The van der Waals surface area contributed by atoms with E-state index in [-0.39, 0.29) is 13.0 Å². The highest BCUT2D eigenvalue weighted by atomic mass is 32.3. The summed E-state index contributed by atoms with van der Waals surface area (Å²) in [6, 6.07) is -2.72. The molecule has 0 aromatic heterocycles. The van der Waals surface area contributed by atoms with Gasteiger partial charge in [-0.25, -0.2) is 0 Å². The Labute approximate surface area is 206 Å². The highest BCUT2D eigenvalue weighted by Gasteiger charge is 2.52. The lowest BCUT2D eigenvalue weighted by molar-refractivity contribution is -0.306. The molecule has 214 valence electrons. The number of hydrogen-bond donors (Lipinski definition) is 12. The molecule has 0 spiro atoms. The summed E-state index contributed by atoms with van der Waals surface area (Å²) < 4.78 is 54.0. The van der Waals surface area contributed by atoms with E-state index in [0.717, 1.165) is 0 Å². The molecule has 3 rings (SSSR count). The molecule has 2 aliphatic heterocycles. The van der Waals surface area contributed by atoms with Crippen LogP contribution >= 0.6 is 0 Å². The lowest BCUT2D eigenvalue weighted by Gasteiger charge is -2.47. The Morgan fingerprint density at radius 2 is 1.25 bits per heavy atom. The average molecular weight is 553 g/mol. The first-order valence-corrected chi connectivity index (χ1v) is 12.3. The molecule has 0 bridgehead atoms. The van der Waals surface area contributed by atoms with E-state index in [0.29, 0.717) is 0 Å². The maximum Gasteiger partial charge on any atom is 0.394 e. The normalized spacial score (nSPS) is 47.8. The monoisotopic (exact) mass is 552 g/mol. The molecule has 2 saturated heterocycles. The Hall–Kier alpha value is -0.690. The Morgan fingerprint density at radius 3 is 1.75 bits per heavy atom. The second-order valence-electron chi connectivity index (χ2n) is 8.75. The molecule has 11 unspecified atom stereocenters. The maximum atomic E-state index is 10.6. The van der Waals surface area contributed by atoms with Crippen LogP contribution in [-0.4, -0.2) is 147 Å². The van der Waals surface area contributed by atoms with Crippen molar-refractivity contribution in [1.29, 1.82) is 0 Å². The fourth-order valence-corrected chi connectivity index (χ4v) is 4.16. The lowest BCUT2D eigenvalue weighted by Crippen LogP contribution is -2.68. The van der Waals surface area contributed by atoms with E-state index in [1.54, 1.807) is 0 Å². The molecule has 1 saturated carbocycles. The van der Waals surface area contributed by atoms with E-state index in [9.17, 15) is 30.6 Å². The molecule has 1 aliphatic carbocycles. The minimum atomic E-state index is -4.67. The molecule has 16 N–H and O–H groups in total. The van der Waals surface area contributed by atoms with Gasteiger partial charge in [0.25, 0.3) is 0 Å². The summed E-state index contributed by atoms with van der Waals surface area (Å²) in [6.45, 7) is -0.673. The van der Waals surface area contributed by atoms with Crippen molar-refractivity contribution >= 4 is 10.4 Å². The number of aliphatic hydroxyl groups is 6. The van der Waals surface area contributed by atoms with Crippen LogP contribution in [0.2, 0.25) is 0 Å². The summed E-state index contributed by atoms with van der Waals surface area (Å²) in [5, 5.41) is 60.2. The highest BCUT2D eigenvalue weighted by molar-refractivity contribution is 7.79. The molecular weight excluding hydrogens is 516 g/mol. The van der Waals surface area contributed by atoms with Crippen LogP contribution in [0, 0.1) is 0 Å². The van der Waals surface area contributed by atoms with E-state index in [1.807, 2.05) is 0 Å². The van der Waals surface area contributed by atoms with Gasteiger partial charge in [0.2, 0.25) is 0 Å². The van der Waals surface area contributed by atoms with Crippen LogP contribution in [-0.2, 0) is 29.3 Å². The van der Waals surface area contributed by atoms with Crippen molar-refractivity contribution in [1.82, 2.24) is 0 Å². The fraction of sp³-hybridized carbons (Fsp3) is 1.00. The standard InChI is InChI=1S/C17H34N4O10.H2O4S/c18-2-6-10(24)12(26)8(21)16(28-6)30-14-5(20)1-4(19)9(23)15(14)31-17-13(27)11(25)7(3-22)29-17;1-5(2,3)4/h4-17,22-27H,1-3,18-21H2;(H2,1,2,3,4)/t4?,5?,6?,7-,8?,9?,10?,11+,12?,13?,14?,15?,16?,17+;/m1./s1. The predicted octanol–water partition coefficient (Wildman–Crippen LogP) is -7.31. The first-order chi connectivity index (χ1) is 16.6. The van der Waals surface area contributed by atoms with Crippen LogP contribution < -0.4 is 22.9 Å². The predicted molar refractivity (Wildman–Crippen MR) is 116 cm³/mol. The molecule has 0 aromatic rings. The smallest absolute Gasteiger partial charge is 0.394 e. The van der Waals surface area contributed by atoms with E-state index in [4.69, 9.17) is 59.4 Å². The molecule has 0 amide bonds. The second kappa shape index (κ2) is 12.9. The Bertz CT molecular complexity index is 787. The maximum absolute atomic E-state index is 10.6. The van der Waals surface area contributed by atoms with Crippen molar-refractivity contribution in [2.45, 2.75) is 92.1 Å². The van der Waals surface area contributed by atoms with Crippen LogP contribution in [0.4, 0.5) is 0 Å². The van der Waals surface area contributed by atoms with Gasteiger partial charge < -0.3 is 72.5 Å². The Morgan fingerprint density at radius 1 is 0.750 bits per heavy atom. The number of aliphatic hydroxyl groups excluding tert-OH is 6. The van der Waals surface area contributed by atoms with Crippen LogP contribution in [0.15, 0.2) is 0 Å². The molecule has 0 aromatic carbocycles. The number of hydrogen-bond acceptors (Lipinski definition) is 16. The largest absolute Gasteiger partial charge is 0.394 e. The van der Waals surface area contributed by atoms with Crippen molar-refractivity contribution in [3.05, 3.63) is 0 Å². The van der Waals surface area contributed by atoms with Crippen LogP contribution in [0.3, 0.4) is 0 Å². The van der Waals surface area contributed by atoms with Gasteiger partial charge in [-0.2, -0.15) is 8.42 Å². The molecule has 2 heterocycles. The van der Waals surface area contributed by atoms with Gasteiger partial charge in [-0.1, -0.05) is 0 Å². The van der Waals surface area contributed by atoms with Crippen molar-refractivity contribution < 1.29 is 67.1 Å². The van der Waals surface area contributed by atoms with Crippen LogP contribution in [0.1, 0.15) is 6.42 Å². The first kappa shape index (κ1) is 31.5. The van der Waals surface area contributed by atoms with E-state index in [2.05, 4.69) is 0 Å². The van der Waals surface area contributed by atoms with E-state index < -0.39 is 103 Å². The molecule has 3 aliphatic rings. The molecule has 3 fully saturated rings. The fourth-order valence-electron chi connectivity index (χ4n) is 4.16. The van der Waals surface area contributed by atoms with Crippen molar-refractivity contribution in [3.8, 4) is 0 Å². The second-order valence-corrected chi connectivity index (χ2v) is 9.64. The van der Waals surface area contributed by atoms with Gasteiger partial charge in [0.05, 0.1) is 18.8 Å². The summed E-state index contributed by atoms with van der Waals surface area (Å²) in [5.74, 6) is 0. The quantitative estimate of drug-likeness (QED) is 0.136. The zero-order valence-electron chi connectivity index (χ0n) is 18.9. The van der Waals surface area contributed by atoms with Gasteiger partial charge >= 0.3 is 10.4 Å². The van der Waals surface area contributed by atoms with Crippen molar-refractivity contribution in [2.24, 2.45) is 22.9 Å². The minimum absolute atomic E-state index is 0.114. The summed E-state index contributed by atoms with van der Waals surface area (Å²) in [4.78, 5) is 0. The zero-order chi connectivity index (χ0) is 27.5. The lowest BCUT2D eigenvalue weighted by atomic mass is 9.84. The zero-order valence-corrected chi connectivity index (χ0v) is 19.8. The van der Waals surface area contributed by atoms with Crippen molar-refractivity contribution in [2.75, 3.05) is 13.2 Å². The average Bonchev–Trinajstić information content (AvgIpc) is 3.06. The molecule has 14 atom stereocenters.